The van der Waals surface area contributed by atoms with Crippen molar-refractivity contribution in [1.29, 1.82) is 0 Å². The second-order valence-corrected chi connectivity index (χ2v) is 18.9. The van der Waals surface area contributed by atoms with Crippen molar-refractivity contribution in [3.05, 3.63) is 70.5 Å². The van der Waals surface area contributed by atoms with Gasteiger partial charge in [-0.05, 0) is 61.1 Å². The number of carbonyl (C=O) groups is 3. The molecule has 1 aromatic heterocycles. The summed E-state index contributed by atoms with van der Waals surface area (Å²) in [5.74, 6) is 2.62. The molecule has 3 aliphatic heterocycles. The van der Waals surface area contributed by atoms with Crippen LogP contribution < -0.4 is 26.3 Å². The number of ether oxygens (including phenoxy) is 2. The van der Waals surface area contributed by atoms with Crippen LogP contribution >= 0.6 is 11.6 Å². The summed E-state index contributed by atoms with van der Waals surface area (Å²) in [5, 5.41) is 3.08. The standard InChI is InChI=1S/C40H53ClN8O7S2/c41-37-39(43)46-38(42)36(45-37)40(52)44-31-6-3-21-49(26-31,19-1-4-29-7-11-32(12-8-29)55-27-34(50)47-15-22-57(53)23-16-47)20-2-5-30-9-13-33(14-10-30)56-28-35(51)48-17-24-58(54)25-18-48/h7-14,31H,1-6,15-28H2,(H4-,42,43,44,46,52)/p+1. The summed E-state index contributed by atoms with van der Waals surface area (Å²) in [5.41, 5.74) is 14.0. The van der Waals surface area contributed by atoms with Gasteiger partial charge in [-0.3, -0.25) is 22.8 Å². The van der Waals surface area contributed by atoms with Gasteiger partial charge >= 0.3 is 0 Å². The summed E-state index contributed by atoms with van der Waals surface area (Å²) in [7, 11) is -1.69. The lowest BCUT2D eigenvalue weighted by atomic mass is 9.99. The third-order valence-electron chi connectivity index (χ3n) is 11.1. The van der Waals surface area contributed by atoms with Gasteiger partial charge in [-0.2, -0.15) is 0 Å². The zero-order chi connectivity index (χ0) is 41.1. The number of nitrogens with two attached hydrogens (primary N) is 2. The van der Waals surface area contributed by atoms with Gasteiger partial charge in [0.15, 0.2) is 35.7 Å². The first kappa shape index (κ1) is 43.3. The molecule has 5 N–H and O–H groups in total. The number of anilines is 2. The zero-order valence-electron chi connectivity index (χ0n) is 32.8. The first-order chi connectivity index (χ1) is 27.9. The fourth-order valence-electron chi connectivity index (χ4n) is 7.81. The number of halogens is 1. The van der Waals surface area contributed by atoms with Crippen LogP contribution in [0.15, 0.2) is 48.5 Å². The molecular formula is C40H54ClN8O7S2+. The average Bonchev–Trinajstić information content (AvgIpc) is 3.22. The van der Waals surface area contributed by atoms with E-state index >= 15 is 0 Å². The average molecular weight is 859 g/mol. The molecule has 18 heteroatoms. The lowest BCUT2D eigenvalue weighted by Gasteiger charge is -2.45. The molecule has 3 saturated heterocycles. The molecule has 0 aliphatic carbocycles. The van der Waals surface area contributed by atoms with E-state index in [1.54, 1.807) is 9.80 Å². The molecule has 3 aliphatic rings. The smallest absolute Gasteiger partial charge is 0.274 e. The number of carbonyl (C=O) groups excluding carboxylic acids is 3. The second-order valence-electron chi connectivity index (χ2n) is 15.2. The molecule has 2 aromatic carbocycles. The van der Waals surface area contributed by atoms with Crippen molar-refractivity contribution in [3.8, 4) is 11.5 Å². The largest absolute Gasteiger partial charge is 0.484 e. The van der Waals surface area contributed by atoms with Gasteiger partial charge in [-0.25, -0.2) is 9.97 Å². The maximum atomic E-state index is 13.3. The van der Waals surface area contributed by atoms with Crippen molar-refractivity contribution in [2.24, 2.45) is 0 Å². The van der Waals surface area contributed by atoms with Crippen molar-refractivity contribution in [3.63, 3.8) is 0 Å². The number of piperidine rings is 1. The van der Waals surface area contributed by atoms with Gasteiger partial charge in [0, 0.05) is 83.6 Å². The quantitative estimate of drug-likeness (QED) is 0.179. The number of nitrogens with zero attached hydrogens (tertiary/aromatic N) is 5. The number of nitrogens with one attached hydrogen (secondary N) is 1. The number of hydrogen-bond acceptors (Lipinski definition) is 11. The predicted molar refractivity (Wildman–Crippen MR) is 226 cm³/mol. The number of hydrogen-bond donors (Lipinski definition) is 3. The van der Waals surface area contributed by atoms with Crippen molar-refractivity contribution < 1.29 is 36.8 Å². The topological polar surface area (TPSA) is 200 Å². The monoisotopic (exact) mass is 857 g/mol. The number of rotatable bonds is 16. The number of amides is 3. The molecule has 0 spiro atoms. The summed E-state index contributed by atoms with van der Waals surface area (Å²) < 4.78 is 35.7. The van der Waals surface area contributed by atoms with Crippen molar-refractivity contribution in [1.82, 2.24) is 25.1 Å². The van der Waals surface area contributed by atoms with Crippen LogP contribution in [0.4, 0.5) is 11.6 Å². The Kier molecular flexibility index (Phi) is 15.4. The molecule has 0 saturated carbocycles. The van der Waals surface area contributed by atoms with Crippen LogP contribution in [0.3, 0.4) is 0 Å². The fraction of sp³-hybridized carbons (Fsp3) is 0.525. The van der Waals surface area contributed by atoms with Crippen LogP contribution in [0.1, 0.15) is 47.3 Å². The van der Waals surface area contributed by atoms with E-state index in [1.165, 1.54) is 11.1 Å². The molecule has 3 amide bonds. The third-order valence-corrected chi connectivity index (χ3v) is 13.9. The lowest BCUT2D eigenvalue weighted by molar-refractivity contribution is -0.933. The molecule has 6 rings (SSSR count). The van der Waals surface area contributed by atoms with Crippen LogP contribution in [0.25, 0.3) is 0 Å². The van der Waals surface area contributed by atoms with Crippen molar-refractivity contribution in [2.45, 2.75) is 44.6 Å². The summed E-state index contributed by atoms with van der Waals surface area (Å²) >= 11 is 6.07. The van der Waals surface area contributed by atoms with E-state index < -0.39 is 27.5 Å². The summed E-state index contributed by atoms with van der Waals surface area (Å²) in [6.07, 6.45) is 5.35. The molecular weight excluding hydrogens is 804 g/mol. The molecule has 1 unspecified atom stereocenters. The minimum absolute atomic E-state index is 0.0274. The highest BCUT2D eigenvalue weighted by Crippen LogP contribution is 2.25. The van der Waals surface area contributed by atoms with Gasteiger partial charge in [0.05, 0.1) is 32.2 Å². The van der Waals surface area contributed by atoms with E-state index in [2.05, 4.69) is 15.3 Å². The van der Waals surface area contributed by atoms with Crippen LogP contribution in [-0.4, -0.2) is 145 Å². The Morgan fingerprint density at radius 2 is 1.24 bits per heavy atom. The van der Waals surface area contributed by atoms with E-state index in [0.29, 0.717) is 60.7 Å². The van der Waals surface area contributed by atoms with Gasteiger partial charge in [0.2, 0.25) is 0 Å². The van der Waals surface area contributed by atoms with E-state index in [-0.39, 0.29) is 53.6 Å². The Bertz CT molecular complexity index is 1840. The Morgan fingerprint density at radius 1 is 0.759 bits per heavy atom. The number of likely N-dealkylation sites (tertiary alicyclic amines) is 1. The van der Waals surface area contributed by atoms with Gasteiger partial charge in [0.1, 0.15) is 11.5 Å². The fourth-order valence-corrected chi connectivity index (χ4v) is 10.0. The number of aromatic nitrogens is 2. The number of nitrogen functional groups attached to an aromatic ring is 2. The Morgan fingerprint density at radius 3 is 1.72 bits per heavy atom. The molecule has 0 radical (unpaired) electrons. The van der Waals surface area contributed by atoms with Gasteiger partial charge in [0.25, 0.3) is 17.7 Å². The maximum Gasteiger partial charge on any atom is 0.274 e. The zero-order valence-corrected chi connectivity index (χ0v) is 35.2. The van der Waals surface area contributed by atoms with Gasteiger partial charge in [-0.1, -0.05) is 35.9 Å². The Hall–Kier alpha value is -4.32. The molecule has 3 aromatic rings. The van der Waals surface area contributed by atoms with Crippen LogP contribution in [-0.2, 0) is 44.0 Å². The lowest BCUT2D eigenvalue weighted by Crippen LogP contribution is -2.60. The first-order valence-corrected chi connectivity index (χ1v) is 23.2. The predicted octanol–water partition coefficient (Wildman–Crippen LogP) is 2.21. The van der Waals surface area contributed by atoms with E-state index in [9.17, 15) is 22.8 Å². The SMILES string of the molecule is Nc1nc(N)c(C(=O)NC2CCC[N+](CCCc3ccc(OCC(=O)N4CCS(=O)CC4)cc3)(CCCc3ccc(OCC(=O)N4CCS(=O)CC4)cc3)C2)nc1Cl. The third kappa shape index (κ3) is 12.3. The second kappa shape index (κ2) is 20.6. The van der Waals surface area contributed by atoms with E-state index in [0.717, 1.165) is 69.2 Å². The highest BCUT2D eigenvalue weighted by Gasteiger charge is 2.36. The number of benzene rings is 2. The minimum atomic E-state index is -0.843. The van der Waals surface area contributed by atoms with Crippen LogP contribution in [0.2, 0.25) is 5.15 Å². The highest BCUT2D eigenvalue weighted by atomic mass is 35.5. The summed E-state index contributed by atoms with van der Waals surface area (Å²) in [6.45, 7) is 5.50. The van der Waals surface area contributed by atoms with Crippen molar-refractivity contribution in [2.75, 3.05) is 100 Å². The summed E-state index contributed by atoms with van der Waals surface area (Å²) in [4.78, 5) is 49.9. The van der Waals surface area contributed by atoms with Gasteiger partial charge in [-0.15, -0.1) is 0 Å². The van der Waals surface area contributed by atoms with Crippen LogP contribution in [0.5, 0.6) is 11.5 Å². The number of quaternary nitrogens is 1. The molecule has 1 atom stereocenters. The molecule has 3 fully saturated rings. The maximum absolute atomic E-state index is 13.3. The molecule has 314 valence electrons. The van der Waals surface area contributed by atoms with E-state index in [4.69, 9.17) is 32.5 Å². The molecule has 4 heterocycles. The molecule has 58 heavy (non-hydrogen) atoms. The molecule has 15 nitrogen and oxygen atoms in total. The molecule has 0 bridgehead atoms. The highest BCUT2D eigenvalue weighted by molar-refractivity contribution is 7.85. The minimum Gasteiger partial charge on any atom is -0.484 e. The van der Waals surface area contributed by atoms with Crippen molar-refractivity contribution >= 4 is 62.6 Å². The Labute approximate surface area is 349 Å². The van der Waals surface area contributed by atoms with Gasteiger partial charge < -0.3 is 40.5 Å². The van der Waals surface area contributed by atoms with E-state index in [1.807, 2.05) is 48.5 Å². The first-order valence-electron chi connectivity index (χ1n) is 19.9. The van der Waals surface area contributed by atoms with Crippen LogP contribution in [0, 0.1) is 0 Å². The normalized spacial score (nSPS) is 18.7. The summed E-state index contributed by atoms with van der Waals surface area (Å²) in [6, 6.07) is 15.6. The number of aryl methyl sites for hydroxylation is 2. The Balaban J connectivity index is 1.03.